The van der Waals surface area contributed by atoms with Gasteiger partial charge < -0.3 is 10.4 Å². The Hall–Kier alpha value is -1.86. The number of benzene rings is 1. The fourth-order valence-corrected chi connectivity index (χ4v) is 2.63. The summed E-state index contributed by atoms with van der Waals surface area (Å²) < 4.78 is 37.7. The molecule has 0 saturated carbocycles. The van der Waals surface area contributed by atoms with Crippen LogP contribution >= 0.6 is 11.3 Å². The van der Waals surface area contributed by atoms with Gasteiger partial charge in [0.1, 0.15) is 0 Å². The Kier molecular flexibility index (Phi) is 5.20. The van der Waals surface area contributed by atoms with Gasteiger partial charge in [-0.3, -0.25) is 4.79 Å². The van der Waals surface area contributed by atoms with Gasteiger partial charge in [-0.2, -0.15) is 13.2 Å². The number of nitrogens with one attached hydrogen (secondary N) is 1. The highest BCUT2D eigenvalue weighted by Crippen LogP contribution is 2.29. The van der Waals surface area contributed by atoms with Crippen molar-refractivity contribution in [3.05, 3.63) is 57.8 Å². The predicted octanol–water partition coefficient (Wildman–Crippen LogP) is 3.62. The maximum atomic E-state index is 12.6. The third-order valence-electron chi connectivity index (χ3n) is 3.03. The smallest absolute Gasteiger partial charge is 0.388 e. The quantitative estimate of drug-likeness (QED) is 0.880. The summed E-state index contributed by atoms with van der Waals surface area (Å²) in [7, 11) is 0. The third-order valence-corrected chi connectivity index (χ3v) is 4.00. The van der Waals surface area contributed by atoms with Crippen molar-refractivity contribution in [2.75, 3.05) is 6.54 Å². The van der Waals surface area contributed by atoms with E-state index < -0.39 is 23.8 Å². The maximum Gasteiger partial charge on any atom is 0.416 e. The van der Waals surface area contributed by atoms with Crippen LogP contribution in [-0.2, 0) is 6.18 Å². The summed E-state index contributed by atoms with van der Waals surface area (Å²) in [4.78, 5) is 12.6. The molecule has 0 spiro atoms. The molecule has 1 atom stereocenters. The van der Waals surface area contributed by atoms with E-state index >= 15 is 0 Å². The molecule has 0 fully saturated rings. The molecule has 1 heterocycles. The zero-order valence-electron chi connectivity index (χ0n) is 11.4. The van der Waals surface area contributed by atoms with Crippen LogP contribution in [0.2, 0.25) is 0 Å². The first-order valence-electron chi connectivity index (χ1n) is 6.55. The highest BCUT2D eigenvalue weighted by Gasteiger charge is 2.30. The lowest BCUT2D eigenvalue weighted by Gasteiger charge is -2.11. The van der Waals surface area contributed by atoms with Crippen molar-refractivity contribution in [3.8, 4) is 0 Å². The fourth-order valence-electron chi connectivity index (χ4n) is 1.88. The number of carbonyl (C=O) groups is 1. The van der Waals surface area contributed by atoms with Gasteiger partial charge in [0.15, 0.2) is 0 Å². The summed E-state index contributed by atoms with van der Waals surface area (Å²) in [6.07, 6.45) is -4.88. The van der Waals surface area contributed by atoms with Crippen molar-refractivity contribution in [3.63, 3.8) is 0 Å². The summed E-state index contributed by atoms with van der Waals surface area (Å²) in [6, 6.07) is 7.83. The van der Waals surface area contributed by atoms with E-state index in [1.807, 2.05) is 11.4 Å². The molecule has 0 aliphatic carbocycles. The van der Waals surface area contributed by atoms with Gasteiger partial charge in [-0.25, -0.2) is 0 Å². The molecule has 7 heteroatoms. The Morgan fingerprint density at radius 1 is 1.27 bits per heavy atom. The zero-order chi connectivity index (χ0) is 16.2. The molecule has 2 rings (SSSR count). The Bertz CT molecular complexity index is 626. The van der Waals surface area contributed by atoms with Crippen LogP contribution < -0.4 is 5.32 Å². The van der Waals surface area contributed by atoms with Gasteiger partial charge in [-0.15, -0.1) is 11.3 Å². The Balaban J connectivity index is 1.90. The average molecular weight is 329 g/mol. The minimum atomic E-state index is -4.48. The van der Waals surface area contributed by atoms with Gasteiger partial charge in [0, 0.05) is 17.0 Å². The molecule has 1 aromatic carbocycles. The number of amides is 1. The normalized spacial score (nSPS) is 12.9. The Morgan fingerprint density at radius 2 is 2.05 bits per heavy atom. The molecule has 1 amide bonds. The highest BCUT2D eigenvalue weighted by atomic mass is 32.1. The van der Waals surface area contributed by atoms with E-state index in [9.17, 15) is 23.1 Å². The minimum absolute atomic E-state index is 0.0551. The number of halogens is 3. The van der Waals surface area contributed by atoms with E-state index in [-0.39, 0.29) is 12.1 Å². The van der Waals surface area contributed by atoms with Crippen molar-refractivity contribution in [2.45, 2.75) is 18.7 Å². The zero-order valence-corrected chi connectivity index (χ0v) is 12.2. The molecule has 0 unspecified atom stereocenters. The molecule has 2 N–H and O–H groups in total. The maximum absolute atomic E-state index is 12.6. The van der Waals surface area contributed by atoms with Crippen LogP contribution in [0, 0.1) is 0 Å². The van der Waals surface area contributed by atoms with Gasteiger partial charge >= 0.3 is 6.18 Å². The third kappa shape index (κ3) is 4.32. The molecule has 3 nitrogen and oxygen atoms in total. The first kappa shape index (κ1) is 16.5. The summed E-state index contributed by atoms with van der Waals surface area (Å²) in [5, 5.41) is 14.2. The van der Waals surface area contributed by atoms with Crippen LogP contribution in [0.1, 0.15) is 33.3 Å². The first-order valence-corrected chi connectivity index (χ1v) is 7.43. The summed E-state index contributed by atoms with van der Waals surface area (Å²) in [5.41, 5.74) is -0.917. The number of hydrogen-bond donors (Lipinski definition) is 2. The second kappa shape index (κ2) is 6.93. The van der Waals surface area contributed by atoms with Crippen molar-refractivity contribution in [2.24, 2.45) is 0 Å². The van der Waals surface area contributed by atoms with Crippen LogP contribution in [0.15, 0.2) is 41.8 Å². The van der Waals surface area contributed by atoms with Gasteiger partial charge in [-0.1, -0.05) is 12.1 Å². The molecule has 0 radical (unpaired) electrons. The molecule has 0 aliphatic rings. The van der Waals surface area contributed by atoms with Crippen molar-refractivity contribution in [1.82, 2.24) is 5.32 Å². The second-order valence-electron chi connectivity index (χ2n) is 4.65. The lowest BCUT2D eigenvalue weighted by Crippen LogP contribution is -2.25. The Morgan fingerprint density at radius 3 is 2.68 bits per heavy atom. The molecule has 2 aromatic rings. The molecule has 0 saturated heterocycles. The molecule has 0 aliphatic heterocycles. The second-order valence-corrected chi connectivity index (χ2v) is 5.63. The number of alkyl halides is 3. The topological polar surface area (TPSA) is 49.3 Å². The molecule has 118 valence electrons. The molecular weight excluding hydrogens is 315 g/mol. The Labute approximate surface area is 129 Å². The molecule has 0 bridgehead atoms. The SMILES string of the molecule is O=C(NCC[C@H](O)c1cccs1)c1cccc(C(F)(F)F)c1. The van der Waals surface area contributed by atoms with Crippen LogP contribution in [-0.4, -0.2) is 17.6 Å². The van der Waals surface area contributed by atoms with Gasteiger partial charge in [0.2, 0.25) is 0 Å². The number of carbonyl (C=O) groups excluding carboxylic acids is 1. The number of aliphatic hydroxyl groups excluding tert-OH is 1. The lowest BCUT2D eigenvalue weighted by atomic mass is 10.1. The number of aliphatic hydroxyl groups is 1. The number of thiophene rings is 1. The molecule has 22 heavy (non-hydrogen) atoms. The van der Waals surface area contributed by atoms with Crippen LogP contribution in [0.25, 0.3) is 0 Å². The summed E-state index contributed by atoms with van der Waals surface area (Å²) >= 11 is 1.40. The van der Waals surface area contributed by atoms with E-state index in [0.29, 0.717) is 6.42 Å². The number of hydrogen-bond acceptors (Lipinski definition) is 3. The highest BCUT2D eigenvalue weighted by molar-refractivity contribution is 7.10. The largest absolute Gasteiger partial charge is 0.416 e. The first-order chi connectivity index (χ1) is 10.4. The van der Waals surface area contributed by atoms with E-state index in [2.05, 4.69) is 5.32 Å². The predicted molar refractivity (Wildman–Crippen MR) is 77.7 cm³/mol. The molecule has 1 aromatic heterocycles. The van der Waals surface area contributed by atoms with Gasteiger partial charge in [-0.05, 0) is 36.1 Å². The monoisotopic (exact) mass is 329 g/mol. The van der Waals surface area contributed by atoms with E-state index in [1.54, 1.807) is 6.07 Å². The van der Waals surface area contributed by atoms with E-state index in [1.165, 1.54) is 23.5 Å². The van der Waals surface area contributed by atoms with Crippen LogP contribution in [0.3, 0.4) is 0 Å². The molecular formula is C15H14F3NO2S. The summed E-state index contributed by atoms with van der Waals surface area (Å²) in [6.45, 7) is 0.175. The van der Waals surface area contributed by atoms with Crippen molar-refractivity contribution >= 4 is 17.2 Å². The summed E-state index contributed by atoms with van der Waals surface area (Å²) in [5.74, 6) is -0.593. The standard InChI is InChI=1S/C15H14F3NO2S/c16-15(17,18)11-4-1-3-10(9-11)14(21)19-7-6-12(20)13-5-2-8-22-13/h1-5,8-9,12,20H,6-7H2,(H,19,21)/t12-/m0/s1. The van der Waals surface area contributed by atoms with E-state index in [0.717, 1.165) is 17.0 Å². The van der Waals surface area contributed by atoms with E-state index in [4.69, 9.17) is 0 Å². The van der Waals surface area contributed by atoms with Crippen molar-refractivity contribution in [1.29, 1.82) is 0 Å². The number of rotatable bonds is 5. The van der Waals surface area contributed by atoms with Gasteiger partial charge in [0.05, 0.1) is 11.7 Å². The van der Waals surface area contributed by atoms with Crippen molar-refractivity contribution < 1.29 is 23.1 Å². The minimum Gasteiger partial charge on any atom is -0.388 e. The fraction of sp³-hybridized carbons (Fsp3) is 0.267. The average Bonchev–Trinajstić information content (AvgIpc) is 3.00. The van der Waals surface area contributed by atoms with Gasteiger partial charge in [0.25, 0.3) is 5.91 Å². The van der Waals surface area contributed by atoms with Crippen LogP contribution in [0.4, 0.5) is 13.2 Å². The lowest BCUT2D eigenvalue weighted by molar-refractivity contribution is -0.137. The van der Waals surface area contributed by atoms with Crippen LogP contribution in [0.5, 0.6) is 0 Å².